The fourth-order valence-corrected chi connectivity index (χ4v) is 2.39. The molecule has 1 N–H and O–H groups in total. The van der Waals surface area contributed by atoms with Crippen LogP contribution in [0, 0.1) is 0 Å². The molecule has 26 heavy (non-hydrogen) atoms. The van der Waals surface area contributed by atoms with E-state index in [1.807, 2.05) is 69.6 Å². The van der Waals surface area contributed by atoms with E-state index in [4.69, 9.17) is 9.47 Å². The lowest BCUT2D eigenvalue weighted by Crippen LogP contribution is -2.33. The number of nitrogens with zero attached hydrogens (tertiary/aromatic N) is 1. The number of hydrogen-bond donors (Lipinski definition) is 1. The molecule has 0 radical (unpaired) electrons. The summed E-state index contributed by atoms with van der Waals surface area (Å²) in [5, 5.41) is 2.76. The third kappa shape index (κ3) is 8.01. The SMILES string of the molecule is CC(C)(C)OC(=O)NCCc1ccc(OCCCc2ccncc2)cc1. The Morgan fingerprint density at radius 1 is 1.00 bits per heavy atom. The molecule has 0 atom stereocenters. The molecule has 1 amide bonds. The van der Waals surface area contributed by atoms with Crippen LogP contribution in [0.1, 0.15) is 38.3 Å². The zero-order valence-electron chi connectivity index (χ0n) is 15.8. The number of alkyl carbamates (subject to hydrolysis) is 1. The van der Waals surface area contributed by atoms with Crippen molar-refractivity contribution in [2.24, 2.45) is 0 Å². The van der Waals surface area contributed by atoms with Crippen LogP contribution in [0.15, 0.2) is 48.8 Å². The van der Waals surface area contributed by atoms with E-state index in [1.54, 1.807) is 0 Å². The van der Waals surface area contributed by atoms with Gasteiger partial charge in [-0.2, -0.15) is 0 Å². The molecular formula is C21H28N2O3. The molecule has 0 saturated heterocycles. The maximum absolute atomic E-state index is 11.6. The largest absolute Gasteiger partial charge is 0.494 e. The van der Waals surface area contributed by atoms with Gasteiger partial charge in [-0.3, -0.25) is 4.98 Å². The molecule has 0 bridgehead atoms. The van der Waals surface area contributed by atoms with Crippen LogP contribution in [0.5, 0.6) is 5.75 Å². The van der Waals surface area contributed by atoms with E-state index in [-0.39, 0.29) is 6.09 Å². The quantitative estimate of drug-likeness (QED) is 0.722. The van der Waals surface area contributed by atoms with Gasteiger partial charge in [0.15, 0.2) is 0 Å². The summed E-state index contributed by atoms with van der Waals surface area (Å²) in [5.74, 6) is 0.864. The first-order valence-electron chi connectivity index (χ1n) is 9.00. The van der Waals surface area contributed by atoms with Crippen molar-refractivity contribution < 1.29 is 14.3 Å². The Kier molecular flexibility index (Phi) is 7.45. The Morgan fingerprint density at radius 3 is 2.31 bits per heavy atom. The van der Waals surface area contributed by atoms with Crippen molar-refractivity contribution in [2.45, 2.75) is 45.6 Å². The van der Waals surface area contributed by atoms with Crippen LogP contribution in [0.4, 0.5) is 4.79 Å². The van der Waals surface area contributed by atoms with Gasteiger partial charge in [0.05, 0.1) is 6.61 Å². The Balaban J connectivity index is 1.64. The highest BCUT2D eigenvalue weighted by atomic mass is 16.6. The van der Waals surface area contributed by atoms with Crippen molar-refractivity contribution >= 4 is 6.09 Å². The van der Waals surface area contributed by atoms with Crippen LogP contribution in [0.25, 0.3) is 0 Å². The maximum Gasteiger partial charge on any atom is 0.407 e. The van der Waals surface area contributed by atoms with Crippen LogP contribution >= 0.6 is 0 Å². The van der Waals surface area contributed by atoms with Crippen molar-refractivity contribution in [3.63, 3.8) is 0 Å². The zero-order chi connectivity index (χ0) is 18.8. The predicted molar refractivity (Wildman–Crippen MR) is 102 cm³/mol. The highest BCUT2D eigenvalue weighted by Crippen LogP contribution is 2.13. The van der Waals surface area contributed by atoms with Crippen molar-refractivity contribution in [3.8, 4) is 5.75 Å². The average Bonchev–Trinajstić information content (AvgIpc) is 2.59. The third-order valence-corrected chi connectivity index (χ3v) is 3.63. The summed E-state index contributed by atoms with van der Waals surface area (Å²) in [6, 6.07) is 12.0. The van der Waals surface area contributed by atoms with Crippen LogP contribution < -0.4 is 10.1 Å². The van der Waals surface area contributed by atoms with Crippen molar-refractivity contribution in [2.75, 3.05) is 13.2 Å². The third-order valence-electron chi connectivity index (χ3n) is 3.63. The molecule has 0 aliphatic rings. The molecule has 5 heteroatoms. The molecule has 0 saturated carbocycles. The first kappa shape index (κ1) is 19.8. The van der Waals surface area contributed by atoms with Gasteiger partial charge >= 0.3 is 6.09 Å². The Morgan fingerprint density at radius 2 is 1.65 bits per heavy atom. The smallest absolute Gasteiger partial charge is 0.407 e. The summed E-state index contributed by atoms with van der Waals surface area (Å²) >= 11 is 0. The molecular weight excluding hydrogens is 328 g/mol. The van der Waals surface area contributed by atoms with Crippen molar-refractivity contribution in [1.82, 2.24) is 10.3 Å². The maximum atomic E-state index is 11.6. The molecule has 140 valence electrons. The van der Waals surface area contributed by atoms with Crippen LogP contribution in [-0.4, -0.2) is 29.8 Å². The standard InChI is InChI=1S/C21H28N2O3/c1-21(2,3)26-20(24)23-15-12-18-6-8-19(9-7-18)25-16-4-5-17-10-13-22-14-11-17/h6-11,13-14H,4-5,12,15-16H2,1-3H3,(H,23,24). The molecule has 1 heterocycles. The summed E-state index contributed by atoms with van der Waals surface area (Å²) in [7, 11) is 0. The van der Waals surface area contributed by atoms with Crippen LogP contribution in [0.2, 0.25) is 0 Å². The number of hydrogen-bond acceptors (Lipinski definition) is 4. The van der Waals surface area contributed by atoms with Gasteiger partial charge in [0, 0.05) is 18.9 Å². The second-order valence-electron chi connectivity index (χ2n) is 7.13. The number of carbonyl (C=O) groups excluding carboxylic acids is 1. The summed E-state index contributed by atoms with van der Waals surface area (Å²) < 4.78 is 11.0. The number of rotatable bonds is 8. The summed E-state index contributed by atoms with van der Waals surface area (Å²) in [5.41, 5.74) is 1.95. The van der Waals surface area contributed by atoms with E-state index in [0.717, 1.165) is 30.6 Å². The normalized spacial score (nSPS) is 11.0. The van der Waals surface area contributed by atoms with Gasteiger partial charge in [0.1, 0.15) is 11.4 Å². The van der Waals surface area contributed by atoms with E-state index in [0.29, 0.717) is 13.2 Å². The number of benzene rings is 1. The number of amides is 1. The zero-order valence-corrected chi connectivity index (χ0v) is 15.8. The summed E-state index contributed by atoms with van der Waals surface area (Å²) in [6.45, 7) is 6.77. The Hall–Kier alpha value is -2.56. The minimum atomic E-state index is -0.472. The number of ether oxygens (including phenoxy) is 2. The molecule has 5 nitrogen and oxygen atoms in total. The van der Waals surface area contributed by atoms with Gasteiger partial charge in [-0.15, -0.1) is 0 Å². The second-order valence-corrected chi connectivity index (χ2v) is 7.13. The molecule has 0 fully saturated rings. The molecule has 0 unspecified atom stereocenters. The molecule has 1 aromatic carbocycles. The number of pyridine rings is 1. The highest BCUT2D eigenvalue weighted by molar-refractivity contribution is 5.67. The molecule has 2 rings (SSSR count). The molecule has 0 aliphatic carbocycles. The van der Waals surface area contributed by atoms with Crippen molar-refractivity contribution in [1.29, 1.82) is 0 Å². The number of nitrogens with one attached hydrogen (secondary N) is 1. The van der Waals surface area contributed by atoms with Crippen LogP contribution in [0.3, 0.4) is 0 Å². The van der Waals surface area contributed by atoms with E-state index in [2.05, 4.69) is 10.3 Å². The lowest BCUT2D eigenvalue weighted by Gasteiger charge is -2.19. The summed E-state index contributed by atoms with van der Waals surface area (Å²) in [4.78, 5) is 15.6. The summed E-state index contributed by atoms with van der Waals surface area (Å²) in [6.07, 6.45) is 5.94. The van der Waals surface area contributed by atoms with Gasteiger partial charge in [0.25, 0.3) is 0 Å². The van der Waals surface area contributed by atoms with Gasteiger partial charge in [-0.1, -0.05) is 12.1 Å². The Bertz CT molecular complexity index is 664. The first-order valence-corrected chi connectivity index (χ1v) is 9.00. The van der Waals surface area contributed by atoms with E-state index in [9.17, 15) is 4.79 Å². The second kappa shape index (κ2) is 9.80. The fourth-order valence-electron chi connectivity index (χ4n) is 2.39. The average molecular weight is 356 g/mol. The fraction of sp³-hybridized carbons (Fsp3) is 0.429. The molecule has 0 aliphatic heterocycles. The van der Waals surface area contributed by atoms with E-state index >= 15 is 0 Å². The van der Waals surface area contributed by atoms with Crippen molar-refractivity contribution in [3.05, 3.63) is 59.9 Å². The number of carbonyl (C=O) groups is 1. The molecule has 2 aromatic rings. The van der Waals surface area contributed by atoms with Crippen LogP contribution in [-0.2, 0) is 17.6 Å². The monoisotopic (exact) mass is 356 g/mol. The lowest BCUT2D eigenvalue weighted by atomic mass is 10.1. The van der Waals surface area contributed by atoms with E-state index < -0.39 is 5.60 Å². The minimum Gasteiger partial charge on any atom is -0.494 e. The minimum absolute atomic E-state index is 0.383. The Labute approximate surface area is 155 Å². The highest BCUT2D eigenvalue weighted by Gasteiger charge is 2.15. The van der Waals surface area contributed by atoms with Gasteiger partial charge < -0.3 is 14.8 Å². The predicted octanol–water partition coefficient (Wildman–Crippen LogP) is 4.16. The molecule has 1 aromatic heterocycles. The van der Waals surface area contributed by atoms with E-state index in [1.165, 1.54) is 5.56 Å². The molecule has 0 spiro atoms. The van der Waals surface area contributed by atoms with Gasteiger partial charge in [-0.25, -0.2) is 4.79 Å². The lowest BCUT2D eigenvalue weighted by molar-refractivity contribution is 0.0528. The topological polar surface area (TPSA) is 60.5 Å². The number of aryl methyl sites for hydroxylation is 1. The number of aromatic nitrogens is 1. The first-order chi connectivity index (χ1) is 12.4. The van der Waals surface area contributed by atoms with Gasteiger partial charge in [-0.05, 0) is 75.4 Å². The van der Waals surface area contributed by atoms with Gasteiger partial charge in [0.2, 0.25) is 0 Å².